The van der Waals surface area contributed by atoms with Crippen molar-refractivity contribution in [3.8, 4) is 11.5 Å². The average molecular weight is 531 g/mol. The van der Waals surface area contributed by atoms with Crippen molar-refractivity contribution >= 4 is 5.97 Å². The third-order valence-electron chi connectivity index (χ3n) is 6.76. The first-order valence-corrected chi connectivity index (χ1v) is 13.1. The number of aromatic hydroxyl groups is 1. The van der Waals surface area contributed by atoms with E-state index in [0.29, 0.717) is 24.0 Å². The molecule has 0 bridgehead atoms. The molecule has 7 heteroatoms. The highest BCUT2D eigenvalue weighted by Gasteiger charge is 2.43. The molecule has 1 aliphatic heterocycles. The first-order valence-electron chi connectivity index (χ1n) is 13.1. The second kappa shape index (κ2) is 12.1. The van der Waals surface area contributed by atoms with Crippen LogP contribution in [-0.2, 0) is 29.5 Å². The predicted octanol–water partition coefficient (Wildman–Crippen LogP) is 8.80. The SMILES string of the molecule is CCCCCc1cc(O)c(CC=C(C)CCC=C(C)C)c2c1C(=O)OC(C)(c1ccc(C(F)(F)F)cc1)O2. The number of carbonyl (C=O) groups is 1. The summed E-state index contributed by atoms with van der Waals surface area (Å²) in [6.07, 6.45) is 5.12. The van der Waals surface area contributed by atoms with Gasteiger partial charge in [0, 0.05) is 18.1 Å². The molecule has 0 amide bonds. The number of halogens is 3. The highest BCUT2D eigenvalue weighted by Crippen LogP contribution is 2.45. The summed E-state index contributed by atoms with van der Waals surface area (Å²) in [4.78, 5) is 13.4. The maximum Gasteiger partial charge on any atom is 0.416 e. The standard InChI is InChI=1S/C31H37F3O4/c1-6-7-8-12-22-19-26(35)25(18-13-21(4)11-9-10-20(2)3)28-27(22)29(36)38-30(5,37-28)23-14-16-24(17-15-23)31(32,33)34/h10,13-17,19,35H,6-9,11-12,18H2,1-5H3. The lowest BCUT2D eigenvalue weighted by Crippen LogP contribution is -2.40. The van der Waals surface area contributed by atoms with E-state index in [1.807, 2.05) is 13.0 Å². The van der Waals surface area contributed by atoms with E-state index in [9.17, 15) is 23.1 Å². The monoisotopic (exact) mass is 530 g/mol. The first kappa shape index (κ1) is 29.3. The quantitative estimate of drug-likeness (QED) is 0.189. The van der Waals surface area contributed by atoms with Gasteiger partial charge in [0.05, 0.1) is 5.56 Å². The van der Waals surface area contributed by atoms with Crippen LogP contribution in [0.15, 0.2) is 53.6 Å². The Balaban J connectivity index is 2.02. The fraction of sp³-hybridized carbons (Fsp3) is 0.452. The zero-order valence-electron chi connectivity index (χ0n) is 22.8. The van der Waals surface area contributed by atoms with Gasteiger partial charge in [0.25, 0.3) is 5.79 Å². The molecule has 1 atom stereocenters. The summed E-state index contributed by atoms with van der Waals surface area (Å²) >= 11 is 0. The van der Waals surface area contributed by atoms with Crippen molar-refractivity contribution < 1.29 is 32.5 Å². The van der Waals surface area contributed by atoms with Crippen LogP contribution in [0.4, 0.5) is 13.2 Å². The number of phenolic OH excluding ortho intramolecular Hbond substituents is 1. The molecule has 2 aromatic rings. The number of alkyl halides is 3. The number of fused-ring (bicyclic) bond motifs is 1. The Morgan fingerprint density at radius 2 is 1.74 bits per heavy atom. The van der Waals surface area contributed by atoms with Crippen LogP contribution >= 0.6 is 0 Å². The summed E-state index contributed by atoms with van der Waals surface area (Å²) in [5.74, 6) is -2.03. The predicted molar refractivity (Wildman–Crippen MR) is 142 cm³/mol. The highest BCUT2D eigenvalue weighted by molar-refractivity contribution is 5.96. The van der Waals surface area contributed by atoms with Crippen molar-refractivity contribution in [1.29, 1.82) is 0 Å². The van der Waals surface area contributed by atoms with Gasteiger partial charge in [-0.1, -0.05) is 55.2 Å². The number of unbranched alkanes of at least 4 members (excludes halogenated alkanes) is 2. The van der Waals surface area contributed by atoms with Gasteiger partial charge in [-0.15, -0.1) is 0 Å². The highest BCUT2D eigenvalue weighted by atomic mass is 19.4. The molecule has 38 heavy (non-hydrogen) atoms. The maximum atomic E-state index is 13.4. The summed E-state index contributed by atoms with van der Waals surface area (Å²) in [6.45, 7) is 9.70. The number of phenols is 1. The molecule has 1 aliphatic rings. The molecule has 0 spiro atoms. The van der Waals surface area contributed by atoms with Crippen molar-refractivity contribution in [2.75, 3.05) is 0 Å². The molecule has 0 saturated heterocycles. The van der Waals surface area contributed by atoms with E-state index in [4.69, 9.17) is 9.47 Å². The molecule has 4 nitrogen and oxygen atoms in total. The largest absolute Gasteiger partial charge is 0.508 e. The summed E-state index contributed by atoms with van der Waals surface area (Å²) in [5, 5.41) is 11.0. The van der Waals surface area contributed by atoms with Gasteiger partial charge in [0.2, 0.25) is 0 Å². The topological polar surface area (TPSA) is 55.8 Å². The lowest BCUT2D eigenvalue weighted by atomic mass is 9.93. The van der Waals surface area contributed by atoms with Crippen molar-refractivity contribution in [1.82, 2.24) is 0 Å². The second-order valence-corrected chi connectivity index (χ2v) is 10.3. The van der Waals surface area contributed by atoms with Crippen LogP contribution in [0.2, 0.25) is 0 Å². The Labute approximate surface area is 223 Å². The summed E-state index contributed by atoms with van der Waals surface area (Å²) < 4.78 is 51.3. The smallest absolute Gasteiger partial charge is 0.416 e. The van der Waals surface area contributed by atoms with Gasteiger partial charge in [-0.2, -0.15) is 13.2 Å². The van der Waals surface area contributed by atoms with Crippen molar-refractivity contribution in [2.45, 2.75) is 91.5 Å². The molecular formula is C31H37F3O4. The maximum absolute atomic E-state index is 13.4. The molecule has 0 aromatic heterocycles. The number of cyclic esters (lactones) is 1. The van der Waals surface area contributed by atoms with Gasteiger partial charge in [-0.3, -0.25) is 0 Å². The minimum Gasteiger partial charge on any atom is -0.508 e. The molecule has 3 rings (SSSR count). The van der Waals surface area contributed by atoms with E-state index in [0.717, 1.165) is 49.8 Å². The summed E-state index contributed by atoms with van der Waals surface area (Å²) in [7, 11) is 0. The molecular weight excluding hydrogens is 493 g/mol. The number of hydrogen-bond acceptors (Lipinski definition) is 4. The van der Waals surface area contributed by atoms with Crippen molar-refractivity contribution in [3.63, 3.8) is 0 Å². The van der Waals surface area contributed by atoms with Gasteiger partial charge in [-0.05, 0) is 76.6 Å². The molecule has 1 heterocycles. The molecule has 1 unspecified atom stereocenters. The van der Waals surface area contributed by atoms with Gasteiger partial charge in [0.1, 0.15) is 17.1 Å². The normalized spacial score (nSPS) is 17.5. The van der Waals surface area contributed by atoms with Crippen LogP contribution in [0.5, 0.6) is 11.5 Å². The minimum atomic E-state index is -4.49. The Hall–Kier alpha value is -3.22. The summed E-state index contributed by atoms with van der Waals surface area (Å²) in [5.41, 5.74) is 3.20. The van der Waals surface area contributed by atoms with Crippen molar-refractivity contribution in [3.05, 3.63) is 81.4 Å². The van der Waals surface area contributed by atoms with Crippen molar-refractivity contribution in [2.24, 2.45) is 0 Å². The Morgan fingerprint density at radius 3 is 2.34 bits per heavy atom. The Morgan fingerprint density at radius 1 is 1.05 bits per heavy atom. The zero-order chi connectivity index (χ0) is 28.1. The molecule has 0 aliphatic carbocycles. The number of aryl methyl sites for hydroxylation is 1. The van der Waals surface area contributed by atoms with E-state index in [2.05, 4.69) is 26.8 Å². The molecule has 0 radical (unpaired) electrons. The van der Waals surface area contributed by atoms with Crippen LogP contribution in [0.1, 0.15) is 99.3 Å². The first-order chi connectivity index (χ1) is 17.9. The van der Waals surface area contributed by atoms with E-state index in [1.54, 1.807) is 6.07 Å². The number of carbonyl (C=O) groups excluding carboxylic acids is 1. The minimum absolute atomic E-state index is 0.0214. The fourth-order valence-electron chi connectivity index (χ4n) is 4.52. The lowest BCUT2D eigenvalue weighted by molar-refractivity contribution is -0.149. The van der Waals surface area contributed by atoms with Crippen LogP contribution < -0.4 is 4.74 Å². The molecule has 206 valence electrons. The molecule has 2 aromatic carbocycles. The van der Waals surface area contributed by atoms with E-state index >= 15 is 0 Å². The second-order valence-electron chi connectivity index (χ2n) is 10.3. The van der Waals surface area contributed by atoms with Gasteiger partial charge < -0.3 is 14.6 Å². The zero-order valence-corrected chi connectivity index (χ0v) is 22.8. The average Bonchev–Trinajstić information content (AvgIpc) is 2.82. The van der Waals surface area contributed by atoms with E-state index in [1.165, 1.54) is 24.6 Å². The Kier molecular flexibility index (Phi) is 9.34. The van der Waals surface area contributed by atoms with Crippen LogP contribution in [0.25, 0.3) is 0 Å². The number of rotatable bonds is 10. The van der Waals surface area contributed by atoms with E-state index < -0.39 is 23.5 Å². The number of esters is 1. The van der Waals surface area contributed by atoms with Gasteiger partial charge in [-0.25, -0.2) is 4.79 Å². The molecule has 1 N–H and O–H groups in total. The van der Waals surface area contributed by atoms with Crippen LogP contribution in [0.3, 0.4) is 0 Å². The fourth-order valence-corrected chi connectivity index (χ4v) is 4.52. The molecule has 0 fully saturated rings. The number of hydrogen-bond donors (Lipinski definition) is 1. The van der Waals surface area contributed by atoms with E-state index in [-0.39, 0.29) is 22.6 Å². The van der Waals surface area contributed by atoms with Gasteiger partial charge >= 0.3 is 12.1 Å². The number of ether oxygens (including phenoxy) is 2. The lowest BCUT2D eigenvalue weighted by Gasteiger charge is -2.37. The Bertz CT molecular complexity index is 1210. The summed E-state index contributed by atoms with van der Waals surface area (Å²) in [6, 6.07) is 5.98. The third kappa shape index (κ3) is 7.00. The third-order valence-corrected chi connectivity index (χ3v) is 6.76. The number of allylic oxidation sites excluding steroid dienone is 4. The van der Waals surface area contributed by atoms with Gasteiger partial charge in [0.15, 0.2) is 0 Å². The molecule has 0 saturated carbocycles. The number of benzene rings is 2. The van der Waals surface area contributed by atoms with Crippen LogP contribution in [0, 0.1) is 0 Å². The van der Waals surface area contributed by atoms with Crippen LogP contribution in [-0.4, -0.2) is 11.1 Å².